The van der Waals surface area contributed by atoms with Crippen LogP contribution in [0.25, 0.3) is 0 Å². The van der Waals surface area contributed by atoms with Crippen LogP contribution in [0.2, 0.25) is 0 Å². The van der Waals surface area contributed by atoms with Crippen molar-refractivity contribution in [2.75, 3.05) is 27.2 Å². The van der Waals surface area contributed by atoms with Crippen LogP contribution in [0.5, 0.6) is 5.75 Å². The van der Waals surface area contributed by atoms with E-state index in [0.29, 0.717) is 18.7 Å². The Hall–Kier alpha value is -1.55. The number of likely N-dealkylation sites (N-methyl/N-ethyl adjacent to an activating group) is 1. The van der Waals surface area contributed by atoms with Gasteiger partial charge in [-0.3, -0.25) is 0 Å². The van der Waals surface area contributed by atoms with Gasteiger partial charge in [-0.25, -0.2) is 4.79 Å². The molecule has 0 saturated heterocycles. The SMILES string of the molecule is CN(C)CCOC(=O)c1cccc(O)c1. The number of carbonyl (C=O) groups excluding carboxylic acids is 1. The molecule has 0 spiro atoms. The first-order chi connectivity index (χ1) is 7.09. The first-order valence-electron chi connectivity index (χ1n) is 4.70. The van der Waals surface area contributed by atoms with Crippen molar-refractivity contribution in [2.45, 2.75) is 0 Å². The normalized spacial score (nSPS) is 10.3. The van der Waals surface area contributed by atoms with Gasteiger partial charge < -0.3 is 14.7 Å². The second-order valence-corrected chi connectivity index (χ2v) is 3.49. The van der Waals surface area contributed by atoms with Crippen molar-refractivity contribution in [1.82, 2.24) is 4.90 Å². The molecule has 0 atom stereocenters. The average Bonchev–Trinajstić information content (AvgIpc) is 2.17. The summed E-state index contributed by atoms with van der Waals surface area (Å²) in [7, 11) is 3.81. The maximum Gasteiger partial charge on any atom is 0.338 e. The number of nitrogens with zero attached hydrogens (tertiary/aromatic N) is 1. The van der Waals surface area contributed by atoms with Crippen molar-refractivity contribution in [1.29, 1.82) is 0 Å². The van der Waals surface area contributed by atoms with Crippen LogP contribution >= 0.6 is 0 Å². The number of benzene rings is 1. The van der Waals surface area contributed by atoms with Crippen LogP contribution in [-0.2, 0) is 4.74 Å². The molecule has 4 nitrogen and oxygen atoms in total. The molecule has 0 heterocycles. The van der Waals surface area contributed by atoms with Gasteiger partial charge in [0, 0.05) is 6.54 Å². The van der Waals surface area contributed by atoms with Crippen LogP contribution in [-0.4, -0.2) is 43.2 Å². The van der Waals surface area contributed by atoms with Crippen molar-refractivity contribution in [3.8, 4) is 5.75 Å². The minimum atomic E-state index is -0.409. The molecule has 1 aromatic rings. The molecular formula is C11H15NO3. The van der Waals surface area contributed by atoms with Gasteiger partial charge in [0.15, 0.2) is 0 Å². The van der Waals surface area contributed by atoms with Gasteiger partial charge in [0.2, 0.25) is 0 Å². The van der Waals surface area contributed by atoms with E-state index in [1.807, 2.05) is 19.0 Å². The Morgan fingerprint density at radius 3 is 2.80 bits per heavy atom. The molecule has 0 saturated carbocycles. The second-order valence-electron chi connectivity index (χ2n) is 3.49. The number of esters is 1. The highest BCUT2D eigenvalue weighted by Crippen LogP contribution is 2.11. The molecule has 1 aromatic carbocycles. The smallest absolute Gasteiger partial charge is 0.338 e. The Morgan fingerprint density at radius 2 is 2.20 bits per heavy atom. The van der Waals surface area contributed by atoms with Crippen molar-refractivity contribution < 1.29 is 14.6 Å². The summed E-state index contributed by atoms with van der Waals surface area (Å²) < 4.78 is 5.00. The van der Waals surface area contributed by atoms with Gasteiger partial charge in [0.1, 0.15) is 12.4 Å². The summed E-state index contributed by atoms with van der Waals surface area (Å²) in [5, 5.41) is 9.16. The molecule has 0 aromatic heterocycles. The van der Waals surface area contributed by atoms with Crippen molar-refractivity contribution in [3.63, 3.8) is 0 Å². The number of phenols is 1. The van der Waals surface area contributed by atoms with Crippen molar-refractivity contribution >= 4 is 5.97 Å². The molecule has 0 aliphatic rings. The summed E-state index contributed by atoms with van der Waals surface area (Å²) in [6, 6.07) is 6.12. The highest BCUT2D eigenvalue weighted by molar-refractivity contribution is 5.89. The number of rotatable bonds is 4. The quantitative estimate of drug-likeness (QED) is 0.755. The predicted molar refractivity (Wildman–Crippen MR) is 56.9 cm³/mol. The van der Waals surface area contributed by atoms with Crippen molar-refractivity contribution in [3.05, 3.63) is 29.8 Å². The summed E-state index contributed by atoms with van der Waals surface area (Å²) in [4.78, 5) is 13.4. The second kappa shape index (κ2) is 5.36. The van der Waals surface area contributed by atoms with E-state index in [-0.39, 0.29) is 5.75 Å². The van der Waals surface area contributed by atoms with Crippen LogP contribution in [0.4, 0.5) is 0 Å². The third-order valence-corrected chi connectivity index (χ3v) is 1.85. The molecule has 82 valence electrons. The number of aromatic hydroxyl groups is 1. The van der Waals surface area contributed by atoms with Crippen LogP contribution in [0.3, 0.4) is 0 Å². The molecule has 0 fully saturated rings. The lowest BCUT2D eigenvalue weighted by atomic mass is 10.2. The van der Waals surface area contributed by atoms with E-state index in [4.69, 9.17) is 9.84 Å². The van der Waals surface area contributed by atoms with Crippen LogP contribution in [0.15, 0.2) is 24.3 Å². The first-order valence-corrected chi connectivity index (χ1v) is 4.70. The van der Waals surface area contributed by atoms with Gasteiger partial charge in [-0.2, -0.15) is 0 Å². The fourth-order valence-electron chi connectivity index (χ4n) is 1.04. The van der Waals surface area contributed by atoms with E-state index in [9.17, 15) is 4.79 Å². The minimum absolute atomic E-state index is 0.0667. The molecule has 0 aliphatic heterocycles. The van der Waals surface area contributed by atoms with Crippen LogP contribution < -0.4 is 0 Å². The molecule has 4 heteroatoms. The number of hydrogen-bond donors (Lipinski definition) is 1. The third kappa shape index (κ3) is 3.99. The lowest BCUT2D eigenvalue weighted by molar-refractivity contribution is 0.0481. The minimum Gasteiger partial charge on any atom is -0.508 e. The molecule has 15 heavy (non-hydrogen) atoms. The van der Waals surface area contributed by atoms with Gasteiger partial charge >= 0.3 is 5.97 Å². The molecule has 0 amide bonds. The monoisotopic (exact) mass is 209 g/mol. The Balaban J connectivity index is 2.47. The summed E-state index contributed by atoms with van der Waals surface area (Å²) in [5.74, 6) is -0.343. The summed E-state index contributed by atoms with van der Waals surface area (Å²) in [6.45, 7) is 1.03. The van der Waals surface area contributed by atoms with E-state index in [0.717, 1.165) is 0 Å². The average molecular weight is 209 g/mol. The van der Waals surface area contributed by atoms with E-state index in [1.54, 1.807) is 12.1 Å². The molecular weight excluding hydrogens is 194 g/mol. The third-order valence-electron chi connectivity index (χ3n) is 1.85. The van der Waals surface area contributed by atoms with Gasteiger partial charge in [0.05, 0.1) is 5.56 Å². The summed E-state index contributed by atoms with van der Waals surface area (Å²) in [6.07, 6.45) is 0. The molecule has 0 radical (unpaired) electrons. The molecule has 0 unspecified atom stereocenters. The van der Waals surface area contributed by atoms with Gasteiger partial charge in [-0.05, 0) is 32.3 Å². The lowest BCUT2D eigenvalue weighted by Gasteiger charge is -2.09. The maximum atomic E-state index is 11.4. The fourth-order valence-corrected chi connectivity index (χ4v) is 1.04. The van der Waals surface area contributed by atoms with Gasteiger partial charge in [-0.15, -0.1) is 0 Å². The number of phenolic OH excluding ortho intramolecular Hbond substituents is 1. The van der Waals surface area contributed by atoms with E-state index < -0.39 is 5.97 Å². The van der Waals surface area contributed by atoms with Crippen LogP contribution in [0, 0.1) is 0 Å². The van der Waals surface area contributed by atoms with Crippen molar-refractivity contribution in [2.24, 2.45) is 0 Å². The fraction of sp³-hybridized carbons (Fsp3) is 0.364. The zero-order valence-electron chi connectivity index (χ0n) is 8.93. The highest BCUT2D eigenvalue weighted by Gasteiger charge is 2.07. The predicted octanol–water partition coefficient (Wildman–Crippen LogP) is 1.11. The number of ether oxygens (including phenoxy) is 1. The largest absolute Gasteiger partial charge is 0.508 e. The van der Waals surface area contributed by atoms with E-state index in [2.05, 4.69) is 0 Å². The Morgan fingerprint density at radius 1 is 1.47 bits per heavy atom. The zero-order valence-corrected chi connectivity index (χ0v) is 8.93. The summed E-state index contributed by atoms with van der Waals surface area (Å²) >= 11 is 0. The maximum absolute atomic E-state index is 11.4. The topological polar surface area (TPSA) is 49.8 Å². The standard InChI is InChI=1S/C11H15NO3/c1-12(2)6-7-15-11(14)9-4-3-5-10(13)8-9/h3-5,8,13H,6-7H2,1-2H3. The van der Waals surface area contributed by atoms with Gasteiger partial charge in [0.25, 0.3) is 0 Å². The lowest BCUT2D eigenvalue weighted by Crippen LogP contribution is -2.20. The molecule has 1 rings (SSSR count). The number of carbonyl (C=O) groups is 1. The first kappa shape index (κ1) is 11.5. The Kier molecular flexibility index (Phi) is 4.12. The van der Waals surface area contributed by atoms with E-state index in [1.165, 1.54) is 12.1 Å². The van der Waals surface area contributed by atoms with E-state index >= 15 is 0 Å². The Labute approximate surface area is 89.1 Å². The zero-order chi connectivity index (χ0) is 11.3. The van der Waals surface area contributed by atoms with Crippen LogP contribution in [0.1, 0.15) is 10.4 Å². The molecule has 0 aliphatic carbocycles. The number of hydrogen-bond acceptors (Lipinski definition) is 4. The molecule has 1 N–H and O–H groups in total. The highest BCUT2D eigenvalue weighted by atomic mass is 16.5. The van der Waals surface area contributed by atoms with Gasteiger partial charge in [-0.1, -0.05) is 6.07 Å². The Bertz CT molecular complexity index is 336. The molecule has 0 bridgehead atoms. The summed E-state index contributed by atoms with van der Waals surface area (Å²) in [5.41, 5.74) is 0.369.